The van der Waals surface area contributed by atoms with Gasteiger partial charge in [-0.25, -0.2) is 5.43 Å². The van der Waals surface area contributed by atoms with Crippen molar-refractivity contribution in [3.8, 4) is 5.75 Å². The van der Waals surface area contributed by atoms with Gasteiger partial charge < -0.3 is 4.74 Å². The van der Waals surface area contributed by atoms with Gasteiger partial charge in [0.2, 0.25) is 0 Å². The Kier molecular flexibility index (Phi) is 5.63. The minimum Gasteiger partial charge on any atom is -0.489 e. The van der Waals surface area contributed by atoms with Gasteiger partial charge in [0.15, 0.2) is 0 Å². The summed E-state index contributed by atoms with van der Waals surface area (Å²) in [4.78, 5) is 12.0. The molecule has 1 N–H and O–H groups in total. The summed E-state index contributed by atoms with van der Waals surface area (Å²) in [5.41, 5.74) is 5.08. The first-order chi connectivity index (χ1) is 14.3. The maximum Gasteiger partial charge on any atom is 0.271 e. The van der Waals surface area contributed by atoms with Crippen molar-refractivity contribution in [2.75, 3.05) is 0 Å². The molecule has 0 atom stereocenters. The van der Waals surface area contributed by atoms with Crippen molar-refractivity contribution >= 4 is 22.9 Å². The molecule has 0 saturated heterocycles. The van der Waals surface area contributed by atoms with Crippen LogP contribution in [0.5, 0.6) is 5.75 Å². The molecular weight excluding hydrogens is 360 g/mol. The number of carbonyl (C=O) groups is 1. The Balaban J connectivity index is 1.40. The molecule has 0 aliphatic carbocycles. The zero-order valence-corrected chi connectivity index (χ0v) is 15.8. The summed E-state index contributed by atoms with van der Waals surface area (Å²) in [7, 11) is 0. The highest BCUT2D eigenvalue weighted by molar-refractivity contribution is 5.94. The Labute approximate surface area is 169 Å². The van der Waals surface area contributed by atoms with Crippen LogP contribution in [0.2, 0.25) is 0 Å². The summed E-state index contributed by atoms with van der Waals surface area (Å²) in [6.07, 6.45) is 1.60. The standard InChI is InChI=1S/C25H20N2O2/c28-25(21-10-2-1-3-11-21)27-26-17-19-8-6-14-23(16-19)29-18-22-13-7-12-20-9-4-5-15-24(20)22/h1-17H,18H2,(H,27,28)/b26-17-. The maximum atomic E-state index is 12.0. The molecule has 142 valence electrons. The van der Waals surface area contributed by atoms with E-state index in [-0.39, 0.29) is 5.91 Å². The predicted octanol–water partition coefficient (Wildman–Crippen LogP) is 5.18. The number of fused-ring (bicyclic) bond motifs is 1. The first-order valence-corrected chi connectivity index (χ1v) is 9.37. The zero-order chi connectivity index (χ0) is 19.9. The van der Waals surface area contributed by atoms with E-state index < -0.39 is 0 Å². The third kappa shape index (κ3) is 4.68. The lowest BCUT2D eigenvalue weighted by atomic mass is 10.1. The van der Waals surface area contributed by atoms with Crippen molar-refractivity contribution in [3.05, 3.63) is 114 Å². The first kappa shape index (κ1) is 18.4. The molecule has 0 saturated carbocycles. The van der Waals surface area contributed by atoms with Gasteiger partial charge in [-0.05, 0) is 46.2 Å². The summed E-state index contributed by atoms with van der Waals surface area (Å²) in [6, 6.07) is 31.1. The lowest BCUT2D eigenvalue weighted by Crippen LogP contribution is -2.17. The van der Waals surface area contributed by atoms with Crippen LogP contribution in [0.25, 0.3) is 10.8 Å². The molecule has 0 aliphatic rings. The van der Waals surface area contributed by atoms with E-state index in [1.54, 1.807) is 18.3 Å². The van der Waals surface area contributed by atoms with Crippen LogP contribution >= 0.6 is 0 Å². The van der Waals surface area contributed by atoms with E-state index in [0.29, 0.717) is 12.2 Å². The largest absolute Gasteiger partial charge is 0.489 e. The van der Waals surface area contributed by atoms with Gasteiger partial charge in [-0.3, -0.25) is 4.79 Å². The van der Waals surface area contributed by atoms with Crippen LogP contribution in [-0.4, -0.2) is 12.1 Å². The van der Waals surface area contributed by atoms with Gasteiger partial charge in [0.1, 0.15) is 12.4 Å². The fraction of sp³-hybridized carbons (Fsp3) is 0.0400. The Morgan fingerprint density at radius 3 is 2.52 bits per heavy atom. The first-order valence-electron chi connectivity index (χ1n) is 9.37. The van der Waals surface area contributed by atoms with Crippen LogP contribution in [0.3, 0.4) is 0 Å². The van der Waals surface area contributed by atoms with Crippen molar-refractivity contribution in [2.45, 2.75) is 6.61 Å². The zero-order valence-electron chi connectivity index (χ0n) is 15.8. The molecule has 4 aromatic carbocycles. The Morgan fingerprint density at radius 1 is 0.862 bits per heavy atom. The number of rotatable bonds is 6. The van der Waals surface area contributed by atoms with E-state index in [2.05, 4.69) is 34.8 Å². The minimum absolute atomic E-state index is 0.245. The number of hydrazone groups is 1. The van der Waals surface area contributed by atoms with Crippen LogP contribution in [0, 0.1) is 0 Å². The van der Waals surface area contributed by atoms with Gasteiger partial charge in [-0.1, -0.05) is 72.8 Å². The van der Waals surface area contributed by atoms with E-state index in [0.717, 1.165) is 16.9 Å². The molecule has 0 fully saturated rings. The van der Waals surface area contributed by atoms with Crippen LogP contribution in [0.15, 0.2) is 102 Å². The number of ether oxygens (including phenoxy) is 1. The van der Waals surface area contributed by atoms with Crippen LogP contribution in [0.1, 0.15) is 21.5 Å². The van der Waals surface area contributed by atoms with Crippen molar-refractivity contribution in [1.29, 1.82) is 0 Å². The minimum atomic E-state index is -0.245. The van der Waals surface area contributed by atoms with Crippen molar-refractivity contribution in [1.82, 2.24) is 5.43 Å². The van der Waals surface area contributed by atoms with Gasteiger partial charge >= 0.3 is 0 Å². The average molecular weight is 380 g/mol. The van der Waals surface area contributed by atoms with E-state index >= 15 is 0 Å². The van der Waals surface area contributed by atoms with Crippen LogP contribution in [-0.2, 0) is 6.61 Å². The molecular formula is C25H20N2O2. The molecule has 4 aromatic rings. The molecule has 0 unspecified atom stereocenters. The number of nitrogens with one attached hydrogen (secondary N) is 1. The quantitative estimate of drug-likeness (QED) is 0.370. The van der Waals surface area contributed by atoms with Crippen molar-refractivity contribution in [3.63, 3.8) is 0 Å². The third-order valence-electron chi connectivity index (χ3n) is 4.55. The number of carbonyl (C=O) groups excluding carboxylic acids is 1. The highest BCUT2D eigenvalue weighted by Gasteiger charge is 2.03. The molecule has 4 rings (SSSR count). The fourth-order valence-electron chi connectivity index (χ4n) is 3.08. The Bertz CT molecular complexity index is 1150. The summed E-state index contributed by atoms with van der Waals surface area (Å²) in [6.45, 7) is 0.479. The average Bonchev–Trinajstić information content (AvgIpc) is 2.78. The van der Waals surface area contributed by atoms with Crippen molar-refractivity contribution in [2.24, 2.45) is 5.10 Å². The molecule has 1 amide bonds. The second-order valence-electron chi connectivity index (χ2n) is 6.56. The number of nitrogens with zero attached hydrogens (tertiary/aromatic N) is 1. The molecule has 0 aliphatic heterocycles. The van der Waals surface area contributed by atoms with E-state index in [9.17, 15) is 4.79 Å². The molecule has 0 radical (unpaired) electrons. The second kappa shape index (κ2) is 8.85. The summed E-state index contributed by atoms with van der Waals surface area (Å²) in [5.74, 6) is 0.501. The molecule has 0 spiro atoms. The number of benzene rings is 4. The number of hydrogen-bond acceptors (Lipinski definition) is 3. The van der Waals surface area contributed by atoms with E-state index in [1.165, 1.54) is 10.8 Å². The van der Waals surface area contributed by atoms with Gasteiger partial charge in [0.05, 0.1) is 6.21 Å². The second-order valence-corrected chi connectivity index (χ2v) is 6.56. The van der Waals surface area contributed by atoms with Gasteiger partial charge in [0.25, 0.3) is 5.91 Å². The molecule has 4 heteroatoms. The van der Waals surface area contributed by atoms with Gasteiger partial charge in [-0.15, -0.1) is 0 Å². The molecule has 4 nitrogen and oxygen atoms in total. The SMILES string of the molecule is O=C(N/N=C\c1cccc(OCc2cccc3ccccc23)c1)c1ccccc1. The fourth-order valence-corrected chi connectivity index (χ4v) is 3.08. The molecule has 29 heavy (non-hydrogen) atoms. The summed E-state index contributed by atoms with van der Waals surface area (Å²) >= 11 is 0. The third-order valence-corrected chi connectivity index (χ3v) is 4.55. The van der Waals surface area contributed by atoms with Crippen molar-refractivity contribution < 1.29 is 9.53 Å². The van der Waals surface area contributed by atoms with Crippen LogP contribution in [0.4, 0.5) is 0 Å². The Hall–Kier alpha value is -3.92. The van der Waals surface area contributed by atoms with E-state index in [4.69, 9.17) is 4.74 Å². The summed E-state index contributed by atoms with van der Waals surface area (Å²) < 4.78 is 5.99. The van der Waals surface area contributed by atoms with Crippen LogP contribution < -0.4 is 10.2 Å². The maximum absolute atomic E-state index is 12.0. The highest BCUT2D eigenvalue weighted by Crippen LogP contribution is 2.21. The monoisotopic (exact) mass is 380 g/mol. The topological polar surface area (TPSA) is 50.7 Å². The molecule has 0 heterocycles. The summed E-state index contributed by atoms with van der Waals surface area (Å²) in [5, 5.41) is 6.43. The Morgan fingerprint density at radius 2 is 1.62 bits per heavy atom. The van der Waals surface area contributed by atoms with E-state index in [1.807, 2.05) is 60.7 Å². The molecule has 0 bridgehead atoms. The number of amides is 1. The normalized spacial score (nSPS) is 10.9. The van der Waals surface area contributed by atoms with Gasteiger partial charge in [-0.2, -0.15) is 5.10 Å². The van der Waals surface area contributed by atoms with Gasteiger partial charge in [0, 0.05) is 5.56 Å². The predicted molar refractivity (Wildman–Crippen MR) is 116 cm³/mol. The smallest absolute Gasteiger partial charge is 0.271 e. The molecule has 0 aromatic heterocycles. The number of hydrogen-bond donors (Lipinski definition) is 1. The lowest BCUT2D eigenvalue weighted by molar-refractivity contribution is 0.0955. The lowest BCUT2D eigenvalue weighted by Gasteiger charge is -2.09. The highest BCUT2D eigenvalue weighted by atomic mass is 16.5.